The number of aliphatic hydroxyl groups excluding tert-OH is 1. The molecule has 0 spiro atoms. The zero-order valence-corrected chi connectivity index (χ0v) is 20.4. The van der Waals surface area contributed by atoms with Gasteiger partial charge in [-0.3, -0.25) is 0 Å². The van der Waals surface area contributed by atoms with E-state index in [2.05, 4.69) is 40.2 Å². The number of ether oxygens (including phenoxy) is 1. The van der Waals surface area contributed by atoms with Gasteiger partial charge in [0.2, 0.25) is 0 Å². The molecule has 0 aliphatic rings. The van der Waals surface area contributed by atoms with E-state index in [-0.39, 0.29) is 12.4 Å². The number of fused-ring (bicyclic) bond motifs is 1. The summed E-state index contributed by atoms with van der Waals surface area (Å²) in [6, 6.07) is 17.6. The Morgan fingerprint density at radius 3 is 2.33 bits per heavy atom. The summed E-state index contributed by atoms with van der Waals surface area (Å²) in [5.41, 5.74) is 5.57. The smallest absolute Gasteiger partial charge is 0.145 e. The number of benzene rings is 2. The topological polar surface area (TPSA) is 60.2 Å². The predicted octanol–water partition coefficient (Wildman–Crippen LogP) is 5.63. The highest BCUT2D eigenvalue weighted by atomic mass is 28.3. The van der Waals surface area contributed by atoms with Gasteiger partial charge in [0.15, 0.2) is 0 Å². The minimum atomic E-state index is -1.19. The van der Waals surface area contributed by atoms with E-state index in [0.29, 0.717) is 19.8 Å². The van der Waals surface area contributed by atoms with Gasteiger partial charge in [-0.05, 0) is 40.9 Å². The van der Waals surface area contributed by atoms with Crippen molar-refractivity contribution >= 4 is 19.1 Å². The van der Waals surface area contributed by atoms with Crippen LogP contribution in [0.4, 0.5) is 4.39 Å². The number of halogens is 1. The van der Waals surface area contributed by atoms with Crippen molar-refractivity contribution in [1.82, 2.24) is 14.5 Å². The lowest BCUT2D eigenvalue weighted by atomic mass is 10.1. The van der Waals surface area contributed by atoms with Gasteiger partial charge in [0.25, 0.3) is 0 Å². The van der Waals surface area contributed by atoms with E-state index in [1.807, 2.05) is 24.3 Å². The summed E-state index contributed by atoms with van der Waals surface area (Å²) >= 11 is 0. The lowest BCUT2D eigenvalue weighted by molar-refractivity contribution is 0.0909. The highest BCUT2D eigenvalue weighted by Crippen LogP contribution is 2.30. The normalized spacial score (nSPS) is 11.9. The van der Waals surface area contributed by atoms with E-state index in [4.69, 9.17) is 4.74 Å². The molecule has 0 saturated carbocycles. The van der Waals surface area contributed by atoms with E-state index in [1.54, 1.807) is 18.5 Å². The Morgan fingerprint density at radius 1 is 0.970 bits per heavy atom. The molecular formula is C26H30FN3O2Si. The molecule has 0 fully saturated rings. The number of rotatable bonds is 9. The van der Waals surface area contributed by atoms with E-state index in [9.17, 15) is 9.50 Å². The minimum Gasteiger partial charge on any atom is -0.392 e. The highest BCUT2D eigenvalue weighted by molar-refractivity contribution is 6.76. The van der Waals surface area contributed by atoms with Gasteiger partial charge < -0.3 is 14.4 Å². The van der Waals surface area contributed by atoms with Gasteiger partial charge in [0, 0.05) is 26.5 Å². The van der Waals surface area contributed by atoms with E-state index >= 15 is 0 Å². The van der Waals surface area contributed by atoms with Crippen LogP contribution >= 0.6 is 0 Å². The number of nitrogens with zero attached hydrogens (tertiary/aromatic N) is 3. The van der Waals surface area contributed by atoms with Crippen LogP contribution in [0, 0.1) is 5.82 Å². The summed E-state index contributed by atoms with van der Waals surface area (Å²) in [5.74, 6) is -0.248. The van der Waals surface area contributed by atoms with Crippen molar-refractivity contribution in [2.45, 2.75) is 45.4 Å². The van der Waals surface area contributed by atoms with Crippen molar-refractivity contribution in [3.05, 3.63) is 83.6 Å². The summed E-state index contributed by atoms with van der Waals surface area (Å²) in [7, 11) is -1.19. The second-order valence-electron chi connectivity index (χ2n) is 9.52. The predicted molar refractivity (Wildman–Crippen MR) is 132 cm³/mol. The Kier molecular flexibility index (Phi) is 7.02. The number of aromatic nitrogens is 3. The molecule has 4 aromatic rings. The SMILES string of the molecule is C[Si](C)(C)CCOCn1c(-c2ccc(CO)cc2)cc2c(Cc3ccc(F)cc3)ncnc21. The molecular weight excluding hydrogens is 433 g/mol. The Bertz CT molecular complexity index is 1220. The molecule has 0 radical (unpaired) electrons. The second-order valence-corrected chi connectivity index (χ2v) is 15.1. The summed E-state index contributed by atoms with van der Waals surface area (Å²) in [6.07, 6.45) is 2.17. The molecule has 7 heteroatoms. The van der Waals surface area contributed by atoms with E-state index in [0.717, 1.165) is 45.2 Å². The first-order chi connectivity index (χ1) is 15.8. The third-order valence-electron chi connectivity index (χ3n) is 5.71. The van der Waals surface area contributed by atoms with Crippen molar-refractivity contribution in [3.63, 3.8) is 0 Å². The molecule has 0 amide bonds. The largest absolute Gasteiger partial charge is 0.392 e. The quantitative estimate of drug-likeness (QED) is 0.258. The maximum atomic E-state index is 13.3. The fourth-order valence-electron chi connectivity index (χ4n) is 3.73. The second kappa shape index (κ2) is 9.95. The molecule has 2 heterocycles. The van der Waals surface area contributed by atoms with Crippen LogP contribution in [0.1, 0.15) is 16.8 Å². The summed E-state index contributed by atoms with van der Waals surface area (Å²) in [6.45, 7) is 8.14. The first-order valence-electron chi connectivity index (χ1n) is 11.2. The van der Waals surface area contributed by atoms with Crippen LogP contribution in [0.25, 0.3) is 22.3 Å². The van der Waals surface area contributed by atoms with Crippen molar-refractivity contribution < 1.29 is 14.2 Å². The van der Waals surface area contributed by atoms with Crippen molar-refractivity contribution in [2.75, 3.05) is 6.61 Å². The van der Waals surface area contributed by atoms with Crippen molar-refractivity contribution in [1.29, 1.82) is 0 Å². The van der Waals surface area contributed by atoms with Crippen LogP contribution in [0.2, 0.25) is 25.7 Å². The third kappa shape index (κ3) is 5.74. The van der Waals surface area contributed by atoms with E-state index < -0.39 is 8.07 Å². The first-order valence-corrected chi connectivity index (χ1v) is 14.9. The maximum Gasteiger partial charge on any atom is 0.145 e. The number of hydrogen-bond acceptors (Lipinski definition) is 4. The van der Waals surface area contributed by atoms with Gasteiger partial charge in [-0.15, -0.1) is 0 Å². The molecule has 2 aromatic heterocycles. The Labute approximate surface area is 194 Å². The monoisotopic (exact) mass is 463 g/mol. The summed E-state index contributed by atoms with van der Waals surface area (Å²) in [5, 5.41) is 10.4. The molecule has 172 valence electrons. The van der Waals surface area contributed by atoms with Crippen LogP contribution in [-0.2, 0) is 24.5 Å². The average Bonchev–Trinajstić information content (AvgIpc) is 3.17. The molecule has 0 atom stereocenters. The third-order valence-corrected chi connectivity index (χ3v) is 7.41. The summed E-state index contributed by atoms with van der Waals surface area (Å²) in [4.78, 5) is 9.13. The van der Waals surface area contributed by atoms with Gasteiger partial charge in [0.1, 0.15) is 24.5 Å². The van der Waals surface area contributed by atoms with Gasteiger partial charge in [-0.1, -0.05) is 56.0 Å². The van der Waals surface area contributed by atoms with Crippen molar-refractivity contribution in [2.24, 2.45) is 0 Å². The Balaban J connectivity index is 1.71. The molecule has 0 aliphatic carbocycles. The molecule has 0 saturated heterocycles. The molecule has 2 aromatic carbocycles. The lowest BCUT2D eigenvalue weighted by Crippen LogP contribution is -2.22. The van der Waals surface area contributed by atoms with E-state index in [1.165, 1.54) is 12.1 Å². The fourth-order valence-corrected chi connectivity index (χ4v) is 4.49. The van der Waals surface area contributed by atoms with Crippen LogP contribution < -0.4 is 0 Å². The molecule has 0 bridgehead atoms. The maximum absolute atomic E-state index is 13.3. The Morgan fingerprint density at radius 2 is 1.67 bits per heavy atom. The average molecular weight is 464 g/mol. The van der Waals surface area contributed by atoms with Gasteiger partial charge in [-0.25, -0.2) is 14.4 Å². The zero-order valence-electron chi connectivity index (χ0n) is 19.4. The molecule has 4 rings (SSSR count). The van der Waals surface area contributed by atoms with Gasteiger partial charge in [0.05, 0.1) is 18.0 Å². The molecule has 5 nitrogen and oxygen atoms in total. The van der Waals surface area contributed by atoms with Gasteiger partial charge >= 0.3 is 0 Å². The molecule has 0 unspecified atom stereocenters. The van der Waals surface area contributed by atoms with Gasteiger partial charge in [-0.2, -0.15) is 0 Å². The van der Waals surface area contributed by atoms with Crippen LogP contribution in [-0.4, -0.2) is 34.3 Å². The fraction of sp³-hybridized carbons (Fsp3) is 0.308. The number of aliphatic hydroxyl groups is 1. The minimum absolute atomic E-state index is 0.0103. The zero-order chi connectivity index (χ0) is 23.4. The Hall–Kier alpha value is -2.87. The molecule has 0 aliphatic heterocycles. The standard InChI is InChI=1S/C26H30FN3O2Si/c1-33(2,3)13-12-32-18-30-25(21-8-4-20(16-31)5-9-21)15-23-24(28-17-29-26(23)30)14-19-6-10-22(27)11-7-19/h4-11,15,17,31H,12-14,16,18H2,1-3H3. The summed E-state index contributed by atoms with van der Waals surface area (Å²) < 4.78 is 21.5. The van der Waals surface area contributed by atoms with Crippen molar-refractivity contribution in [3.8, 4) is 11.3 Å². The first kappa shape index (κ1) is 23.3. The highest BCUT2D eigenvalue weighted by Gasteiger charge is 2.17. The number of hydrogen-bond donors (Lipinski definition) is 1. The molecule has 33 heavy (non-hydrogen) atoms. The van der Waals surface area contributed by atoms with Crippen LogP contribution in [0.15, 0.2) is 60.9 Å². The molecule has 1 N–H and O–H groups in total. The van der Waals surface area contributed by atoms with Crippen LogP contribution in [0.5, 0.6) is 0 Å². The van der Waals surface area contributed by atoms with Crippen LogP contribution in [0.3, 0.4) is 0 Å². The lowest BCUT2D eigenvalue weighted by Gasteiger charge is -2.16.